The van der Waals surface area contributed by atoms with Crippen LogP contribution in [-0.2, 0) is 0 Å². The van der Waals surface area contributed by atoms with Crippen molar-refractivity contribution in [3.05, 3.63) is 78.9 Å². The molecule has 0 fully saturated rings. The standard InChI is InChI=1S/C12H10.C4H6N2/c1-3-7-11(8-4-1)12-9-5-2-6-10-12;1-4-5-2-3-6-4/h1-10H;2-3H,1H3,(H,5,6). The van der Waals surface area contributed by atoms with Crippen LogP contribution < -0.4 is 0 Å². The van der Waals surface area contributed by atoms with Crippen molar-refractivity contribution in [3.8, 4) is 11.1 Å². The molecule has 0 aliphatic rings. The summed E-state index contributed by atoms with van der Waals surface area (Å²) >= 11 is 0. The topological polar surface area (TPSA) is 28.7 Å². The molecule has 0 saturated heterocycles. The minimum Gasteiger partial charge on any atom is -0.349 e. The lowest BCUT2D eigenvalue weighted by Crippen LogP contribution is -1.73. The normalized spacial score (nSPS) is 9.39. The SMILES string of the molecule is Cc1ncc[nH]1.c1ccc(-c2ccccc2)cc1. The summed E-state index contributed by atoms with van der Waals surface area (Å²) in [6.07, 6.45) is 3.53. The third-order valence-electron chi connectivity index (χ3n) is 2.52. The van der Waals surface area contributed by atoms with Crippen LogP contribution in [-0.4, -0.2) is 9.97 Å². The molecule has 1 heterocycles. The van der Waals surface area contributed by atoms with E-state index in [-0.39, 0.29) is 0 Å². The molecule has 2 nitrogen and oxygen atoms in total. The zero-order valence-corrected chi connectivity index (χ0v) is 10.4. The van der Waals surface area contributed by atoms with Gasteiger partial charge in [0.25, 0.3) is 0 Å². The van der Waals surface area contributed by atoms with E-state index in [2.05, 4.69) is 58.5 Å². The molecule has 0 bridgehead atoms. The van der Waals surface area contributed by atoms with Crippen molar-refractivity contribution in [3.63, 3.8) is 0 Å². The lowest BCUT2D eigenvalue weighted by molar-refractivity contribution is 1.15. The van der Waals surface area contributed by atoms with Crippen molar-refractivity contribution in [2.45, 2.75) is 6.92 Å². The maximum absolute atomic E-state index is 3.86. The molecule has 3 aromatic rings. The van der Waals surface area contributed by atoms with Crippen LogP contribution in [0.5, 0.6) is 0 Å². The fourth-order valence-corrected chi connectivity index (χ4v) is 1.61. The van der Waals surface area contributed by atoms with E-state index in [1.165, 1.54) is 11.1 Å². The molecule has 2 heteroatoms. The largest absolute Gasteiger partial charge is 0.349 e. The Balaban J connectivity index is 0.000000169. The fourth-order valence-electron chi connectivity index (χ4n) is 1.61. The first-order valence-electron chi connectivity index (χ1n) is 5.93. The summed E-state index contributed by atoms with van der Waals surface area (Å²) in [5.41, 5.74) is 2.55. The van der Waals surface area contributed by atoms with Crippen LogP contribution in [0.3, 0.4) is 0 Å². The molecule has 18 heavy (non-hydrogen) atoms. The highest BCUT2D eigenvalue weighted by Crippen LogP contribution is 2.17. The van der Waals surface area contributed by atoms with Gasteiger partial charge < -0.3 is 4.98 Å². The summed E-state index contributed by atoms with van der Waals surface area (Å²) < 4.78 is 0. The molecule has 1 N–H and O–H groups in total. The Kier molecular flexibility index (Phi) is 4.31. The van der Waals surface area contributed by atoms with Crippen molar-refractivity contribution in [1.29, 1.82) is 0 Å². The highest BCUT2D eigenvalue weighted by molar-refractivity contribution is 5.62. The van der Waals surface area contributed by atoms with Gasteiger partial charge in [-0.2, -0.15) is 0 Å². The summed E-state index contributed by atoms with van der Waals surface area (Å²) in [5, 5.41) is 0. The van der Waals surface area contributed by atoms with E-state index in [0.29, 0.717) is 0 Å². The minimum atomic E-state index is 0.968. The van der Waals surface area contributed by atoms with E-state index < -0.39 is 0 Å². The van der Waals surface area contributed by atoms with E-state index in [9.17, 15) is 0 Å². The van der Waals surface area contributed by atoms with Gasteiger partial charge in [-0.3, -0.25) is 0 Å². The number of nitrogens with zero attached hydrogens (tertiary/aromatic N) is 1. The van der Waals surface area contributed by atoms with Crippen LogP contribution >= 0.6 is 0 Å². The average molecular weight is 236 g/mol. The molecule has 3 rings (SSSR count). The molecule has 0 amide bonds. The fraction of sp³-hybridized carbons (Fsp3) is 0.0625. The number of H-pyrrole nitrogens is 1. The van der Waals surface area contributed by atoms with Gasteiger partial charge in [0.05, 0.1) is 0 Å². The van der Waals surface area contributed by atoms with Crippen LogP contribution in [0.2, 0.25) is 0 Å². The van der Waals surface area contributed by atoms with E-state index in [1.54, 1.807) is 12.4 Å². The van der Waals surface area contributed by atoms with Crippen molar-refractivity contribution >= 4 is 0 Å². The number of aromatic nitrogens is 2. The Morgan fingerprint density at radius 2 is 1.28 bits per heavy atom. The molecule has 0 saturated carbocycles. The summed E-state index contributed by atoms with van der Waals surface area (Å²) in [6, 6.07) is 20.8. The van der Waals surface area contributed by atoms with E-state index >= 15 is 0 Å². The molecular weight excluding hydrogens is 220 g/mol. The quantitative estimate of drug-likeness (QED) is 0.677. The Hall–Kier alpha value is -2.35. The first-order chi connectivity index (χ1) is 8.86. The third-order valence-corrected chi connectivity index (χ3v) is 2.52. The van der Waals surface area contributed by atoms with Crippen molar-refractivity contribution < 1.29 is 0 Å². The minimum absolute atomic E-state index is 0.968. The van der Waals surface area contributed by atoms with Gasteiger partial charge >= 0.3 is 0 Å². The van der Waals surface area contributed by atoms with Gasteiger partial charge in [-0.1, -0.05) is 60.7 Å². The first kappa shape index (κ1) is 12.1. The summed E-state index contributed by atoms with van der Waals surface area (Å²) in [5.74, 6) is 0.968. The third kappa shape index (κ3) is 3.59. The number of rotatable bonds is 1. The predicted octanol–water partition coefficient (Wildman–Crippen LogP) is 4.07. The lowest BCUT2D eigenvalue weighted by atomic mass is 10.1. The molecule has 0 spiro atoms. The second kappa shape index (κ2) is 6.40. The number of aryl methyl sites for hydroxylation is 1. The molecule has 0 unspecified atom stereocenters. The monoisotopic (exact) mass is 236 g/mol. The maximum atomic E-state index is 3.86. The van der Waals surface area contributed by atoms with Crippen molar-refractivity contribution in [2.75, 3.05) is 0 Å². The van der Waals surface area contributed by atoms with Gasteiger partial charge in [0.2, 0.25) is 0 Å². The first-order valence-corrected chi connectivity index (χ1v) is 5.93. The van der Waals surface area contributed by atoms with Crippen LogP contribution in [0.4, 0.5) is 0 Å². The summed E-state index contributed by atoms with van der Waals surface area (Å²) in [7, 11) is 0. The number of benzene rings is 2. The van der Waals surface area contributed by atoms with E-state index in [1.807, 2.05) is 19.1 Å². The number of nitrogens with one attached hydrogen (secondary N) is 1. The predicted molar refractivity (Wildman–Crippen MR) is 75.2 cm³/mol. The van der Waals surface area contributed by atoms with Gasteiger partial charge in [0.15, 0.2) is 0 Å². The molecule has 0 radical (unpaired) electrons. The molecule has 0 aliphatic heterocycles. The van der Waals surface area contributed by atoms with Crippen LogP contribution in [0.25, 0.3) is 11.1 Å². The van der Waals surface area contributed by atoms with Crippen LogP contribution in [0.1, 0.15) is 5.82 Å². The highest BCUT2D eigenvalue weighted by Gasteiger charge is 1.91. The smallest absolute Gasteiger partial charge is 0.102 e. The second-order valence-electron chi connectivity index (χ2n) is 3.91. The Bertz CT molecular complexity index is 505. The Morgan fingerprint density at radius 3 is 1.56 bits per heavy atom. The van der Waals surface area contributed by atoms with Gasteiger partial charge in [0, 0.05) is 12.4 Å². The number of aromatic amines is 1. The molecule has 2 aromatic carbocycles. The number of hydrogen-bond acceptors (Lipinski definition) is 1. The zero-order valence-electron chi connectivity index (χ0n) is 10.4. The molecule has 0 aliphatic carbocycles. The average Bonchev–Trinajstić information content (AvgIpc) is 2.93. The zero-order chi connectivity index (χ0) is 12.6. The number of hydrogen-bond donors (Lipinski definition) is 1. The second-order valence-corrected chi connectivity index (χ2v) is 3.91. The van der Waals surface area contributed by atoms with Gasteiger partial charge in [-0.05, 0) is 18.1 Å². The van der Waals surface area contributed by atoms with Crippen molar-refractivity contribution in [2.24, 2.45) is 0 Å². The van der Waals surface area contributed by atoms with Crippen molar-refractivity contribution in [1.82, 2.24) is 9.97 Å². The van der Waals surface area contributed by atoms with Crippen LogP contribution in [0.15, 0.2) is 73.1 Å². The molecule has 90 valence electrons. The summed E-state index contributed by atoms with van der Waals surface area (Å²) in [4.78, 5) is 6.75. The highest BCUT2D eigenvalue weighted by atomic mass is 14.9. The molecule has 0 atom stereocenters. The molecule has 1 aromatic heterocycles. The van der Waals surface area contributed by atoms with Crippen LogP contribution in [0, 0.1) is 6.92 Å². The van der Waals surface area contributed by atoms with E-state index in [0.717, 1.165) is 5.82 Å². The Labute approximate surface area is 107 Å². The van der Waals surface area contributed by atoms with Gasteiger partial charge in [0.1, 0.15) is 5.82 Å². The summed E-state index contributed by atoms with van der Waals surface area (Å²) in [6.45, 7) is 1.92. The Morgan fingerprint density at radius 1 is 0.778 bits per heavy atom. The molecular formula is C16H16N2. The lowest BCUT2D eigenvalue weighted by Gasteiger charge is -1.98. The van der Waals surface area contributed by atoms with Gasteiger partial charge in [-0.15, -0.1) is 0 Å². The number of imidazole rings is 1. The van der Waals surface area contributed by atoms with Gasteiger partial charge in [-0.25, -0.2) is 4.98 Å². The maximum Gasteiger partial charge on any atom is 0.102 e. The van der Waals surface area contributed by atoms with E-state index in [4.69, 9.17) is 0 Å².